The Balaban J connectivity index is 2.28. The van der Waals surface area contributed by atoms with Gasteiger partial charge in [-0.3, -0.25) is 10.1 Å². The molecule has 128 valence electrons. The van der Waals surface area contributed by atoms with Crippen molar-refractivity contribution in [2.75, 3.05) is 5.32 Å². The highest BCUT2D eigenvalue weighted by Gasteiger charge is 2.36. The van der Waals surface area contributed by atoms with E-state index in [1.54, 1.807) is 0 Å². The van der Waals surface area contributed by atoms with Gasteiger partial charge in [0, 0.05) is 6.08 Å². The standard InChI is InChI=1S/C13H7F6N3OS/c14-12(15,16)8-3-7(4-9(5-8)13(17,18)19)1-2-10(23)21-11-22-20-6-24-11/h1-6H,(H,21,22,23)/b2-1+. The summed E-state index contributed by atoms with van der Waals surface area (Å²) in [6.07, 6.45) is -8.24. The molecule has 0 saturated heterocycles. The van der Waals surface area contributed by atoms with Gasteiger partial charge in [-0.05, 0) is 29.8 Å². The summed E-state index contributed by atoms with van der Waals surface area (Å²) in [5, 5.41) is 9.36. The minimum Gasteiger partial charge on any atom is -0.297 e. The number of hydrogen-bond donors (Lipinski definition) is 1. The zero-order valence-corrected chi connectivity index (χ0v) is 12.3. The third kappa shape index (κ3) is 4.78. The molecule has 2 aromatic rings. The lowest BCUT2D eigenvalue weighted by atomic mass is 10.0. The Morgan fingerprint density at radius 2 is 1.62 bits per heavy atom. The van der Waals surface area contributed by atoms with E-state index >= 15 is 0 Å². The maximum absolute atomic E-state index is 12.7. The topological polar surface area (TPSA) is 54.9 Å². The predicted molar refractivity (Wildman–Crippen MR) is 74.0 cm³/mol. The number of carbonyl (C=O) groups excluding carboxylic acids is 1. The second kappa shape index (κ2) is 6.59. The smallest absolute Gasteiger partial charge is 0.297 e. The number of alkyl halides is 6. The van der Waals surface area contributed by atoms with Crippen molar-refractivity contribution in [1.29, 1.82) is 0 Å². The summed E-state index contributed by atoms with van der Waals surface area (Å²) < 4.78 is 76.2. The summed E-state index contributed by atoms with van der Waals surface area (Å²) in [7, 11) is 0. The molecule has 0 aliphatic rings. The highest BCUT2D eigenvalue weighted by molar-refractivity contribution is 7.13. The first kappa shape index (κ1) is 17.9. The SMILES string of the molecule is O=C(/C=C/c1cc(C(F)(F)F)cc(C(F)(F)F)c1)Nc1nncs1. The van der Waals surface area contributed by atoms with Crippen molar-refractivity contribution in [2.45, 2.75) is 12.4 Å². The molecule has 0 bridgehead atoms. The molecule has 4 nitrogen and oxygen atoms in total. The average Bonchev–Trinajstić information content (AvgIpc) is 2.96. The highest BCUT2D eigenvalue weighted by atomic mass is 32.1. The van der Waals surface area contributed by atoms with E-state index in [1.165, 1.54) is 5.51 Å². The van der Waals surface area contributed by atoms with Gasteiger partial charge in [-0.25, -0.2) is 0 Å². The van der Waals surface area contributed by atoms with E-state index in [0.29, 0.717) is 12.1 Å². The molecular formula is C13H7F6N3OS. The van der Waals surface area contributed by atoms with Crippen LogP contribution in [0.4, 0.5) is 31.5 Å². The Bertz CT molecular complexity index is 720. The molecule has 24 heavy (non-hydrogen) atoms. The number of aromatic nitrogens is 2. The molecule has 1 aromatic carbocycles. The quantitative estimate of drug-likeness (QED) is 0.653. The number of nitrogens with zero attached hydrogens (tertiary/aromatic N) is 2. The zero-order valence-electron chi connectivity index (χ0n) is 11.4. The molecule has 0 fully saturated rings. The molecule has 0 radical (unpaired) electrons. The highest BCUT2D eigenvalue weighted by Crippen LogP contribution is 2.36. The van der Waals surface area contributed by atoms with E-state index in [0.717, 1.165) is 23.5 Å². The number of carbonyl (C=O) groups is 1. The predicted octanol–water partition coefficient (Wildman–Crippen LogP) is 4.23. The number of nitrogens with one attached hydrogen (secondary N) is 1. The molecule has 0 atom stereocenters. The fourth-order valence-electron chi connectivity index (χ4n) is 1.62. The number of hydrogen-bond acceptors (Lipinski definition) is 4. The molecule has 0 saturated carbocycles. The fourth-order valence-corrected chi connectivity index (χ4v) is 2.07. The van der Waals surface area contributed by atoms with Crippen molar-refractivity contribution in [1.82, 2.24) is 10.2 Å². The Labute approximate surface area is 134 Å². The number of amides is 1. The Morgan fingerprint density at radius 3 is 2.08 bits per heavy atom. The minimum absolute atomic E-state index is 0.0125. The molecule has 0 aliphatic carbocycles. The van der Waals surface area contributed by atoms with Gasteiger partial charge in [0.25, 0.3) is 0 Å². The molecule has 1 aromatic heterocycles. The van der Waals surface area contributed by atoms with Crippen molar-refractivity contribution in [3.63, 3.8) is 0 Å². The lowest BCUT2D eigenvalue weighted by Gasteiger charge is -2.12. The van der Waals surface area contributed by atoms with Crippen molar-refractivity contribution < 1.29 is 31.1 Å². The van der Waals surface area contributed by atoms with Gasteiger partial charge in [0.2, 0.25) is 11.0 Å². The number of halogens is 6. The van der Waals surface area contributed by atoms with Crippen LogP contribution in [0.1, 0.15) is 16.7 Å². The van der Waals surface area contributed by atoms with E-state index in [1.807, 2.05) is 0 Å². The summed E-state index contributed by atoms with van der Waals surface area (Å²) in [5.41, 5.74) is -1.99. The van der Waals surface area contributed by atoms with Gasteiger partial charge in [-0.1, -0.05) is 11.3 Å². The Kier molecular flexibility index (Phi) is 4.92. The van der Waals surface area contributed by atoms with E-state index in [9.17, 15) is 31.1 Å². The third-order valence-corrected chi connectivity index (χ3v) is 3.23. The molecule has 1 heterocycles. The van der Waals surface area contributed by atoms with Crippen LogP contribution in [0.3, 0.4) is 0 Å². The van der Waals surface area contributed by atoms with Gasteiger partial charge in [0.15, 0.2) is 0 Å². The number of anilines is 1. The molecule has 0 aliphatic heterocycles. The maximum Gasteiger partial charge on any atom is 0.416 e. The lowest BCUT2D eigenvalue weighted by Crippen LogP contribution is -2.11. The van der Waals surface area contributed by atoms with Gasteiger partial charge in [-0.15, -0.1) is 10.2 Å². The van der Waals surface area contributed by atoms with Crippen molar-refractivity contribution >= 4 is 28.5 Å². The van der Waals surface area contributed by atoms with Crippen molar-refractivity contribution in [2.24, 2.45) is 0 Å². The third-order valence-electron chi connectivity index (χ3n) is 2.63. The fraction of sp³-hybridized carbons (Fsp3) is 0.154. The maximum atomic E-state index is 12.7. The summed E-state index contributed by atoms with van der Waals surface area (Å²) >= 11 is 0.999. The largest absolute Gasteiger partial charge is 0.416 e. The summed E-state index contributed by atoms with van der Waals surface area (Å²) in [6.45, 7) is 0. The van der Waals surface area contributed by atoms with E-state index in [4.69, 9.17) is 0 Å². The second-order valence-electron chi connectivity index (χ2n) is 4.41. The van der Waals surface area contributed by atoms with Gasteiger partial charge in [-0.2, -0.15) is 26.3 Å². The van der Waals surface area contributed by atoms with Gasteiger partial charge in [0.05, 0.1) is 11.1 Å². The molecule has 1 N–H and O–H groups in total. The molecule has 0 unspecified atom stereocenters. The molecule has 2 rings (SSSR count). The van der Waals surface area contributed by atoms with E-state index in [-0.39, 0.29) is 11.2 Å². The van der Waals surface area contributed by atoms with Crippen molar-refractivity contribution in [3.8, 4) is 0 Å². The van der Waals surface area contributed by atoms with E-state index < -0.39 is 35.0 Å². The molecule has 1 amide bonds. The normalized spacial score (nSPS) is 12.6. The van der Waals surface area contributed by atoms with Gasteiger partial charge in [0.1, 0.15) is 5.51 Å². The van der Waals surface area contributed by atoms with Crippen molar-refractivity contribution in [3.05, 3.63) is 46.5 Å². The summed E-state index contributed by atoms with van der Waals surface area (Å²) in [5.74, 6) is -0.766. The zero-order chi connectivity index (χ0) is 18.0. The Hall–Kier alpha value is -2.43. The van der Waals surface area contributed by atoms with Crippen LogP contribution < -0.4 is 5.32 Å². The minimum atomic E-state index is -4.95. The first-order chi connectivity index (χ1) is 11.1. The van der Waals surface area contributed by atoms with Crippen LogP contribution in [-0.2, 0) is 17.1 Å². The van der Waals surface area contributed by atoms with Crippen LogP contribution in [0.5, 0.6) is 0 Å². The van der Waals surface area contributed by atoms with Crippen LogP contribution in [0, 0.1) is 0 Å². The summed E-state index contributed by atoms with van der Waals surface area (Å²) in [6, 6.07) is 1.05. The second-order valence-corrected chi connectivity index (χ2v) is 5.24. The monoisotopic (exact) mass is 367 g/mol. The van der Waals surface area contributed by atoms with Crippen LogP contribution in [0.25, 0.3) is 6.08 Å². The van der Waals surface area contributed by atoms with Gasteiger partial charge >= 0.3 is 12.4 Å². The molecular weight excluding hydrogens is 360 g/mol. The summed E-state index contributed by atoms with van der Waals surface area (Å²) in [4.78, 5) is 11.5. The van der Waals surface area contributed by atoms with Crippen LogP contribution in [0.15, 0.2) is 29.8 Å². The molecule has 0 spiro atoms. The van der Waals surface area contributed by atoms with Crippen LogP contribution in [0.2, 0.25) is 0 Å². The first-order valence-corrected chi connectivity index (χ1v) is 6.98. The average molecular weight is 367 g/mol. The number of benzene rings is 1. The lowest BCUT2D eigenvalue weighted by molar-refractivity contribution is -0.143. The van der Waals surface area contributed by atoms with E-state index in [2.05, 4.69) is 15.5 Å². The van der Waals surface area contributed by atoms with Crippen LogP contribution in [-0.4, -0.2) is 16.1 Å². The first-order valence-electron chi connectivity index (χ1n) is 6.10. The van der Waals surface area contributed by atoms with Crippen LogP contribution >= 0.6 is 11.3 Å². The number of rotatable bonds is 3. The molecule has 11 heteroatoms. The Morgan fingerprint density at radius 1 is 1.04 bits per heavy atom. The van der Waals surface area contributed by atoms with Gasteiger partial charge < -0.3 is 0 Å².